The Morgan fingerprint density at radius 2 is 0.236 bits per heavy atom. The number of alkyl halides is 16. The molecule has 8 bridgehead atoms. The van der Waals surface area contributed by atoms with Crippen LogP contribution in [-0.2, 0) is 0 Å². The molecule has 13 rings (SSSR count). The van der Waals surface area contributed by atoms with Gasteiger partial charge in [0, 0.05) is 0 Å². The molecule has 8 aliphatic carbocycles. The largest absolute Gasteiger partial charge is 0.286 e. The summed E-state index contributed by atoms with van der Waals surface area (Å²) in [5.41, 5.74) is 0. The molecule has 32 atom stereocenters. The lowest BCUT2D eigenvalue weighted by Crippen LogP contribution is -2.61. The van der Waals surface area contributed by atoms with Crippen molar-refractivity contribution in [3.05, 3.63) is 0 Å². The Hall–Kier alpha value is -1.44. The van der Waals surface area contributed by atoms with E-state index in [1.165, 1.54) is 0 Å². The summed E-state index contributed by atoms with van der Waals surface area (Å²) in [5.74, 6) is -14.8. The van der Waals surface area contributed by atoms with Crippen LogP contribution in [0.25, 0.3) is 0 Å². The third kappa shape index (κ3) is 7.33. The lowest BCUT2D eigenvalue weighted by molar-refractivity contribution is -0.114. The summed E-state index contributed by atoms with van der Waals surface area (Å²) < 4.78 is 248. The van der Waals surface area contributed by atoms with Gasteiger partial charge < -0.3 is 0 Å². The van der Waals surface area contributed by atoms with Gasteiger partial charge in [0.15, 0.2) is 49.4 Å². The molecule has 13 fully saturated rings. The Bertz CT molecular complexity index is 1620. The average molecular weight is 1060 g/mol. The van der Waals surface area contributed by atoms with E-state index in [2.05, 4.69) is 42.5 Å². The quantitative estimate of drug-likeness (QED) is 0.143. The Kier molecular flexibility index (Phi) is 12.6. The van der Waals surface area contributed by atoms with Crippen LogP contribution in [0.2, 0.25) is 0 Å². The summed E-state index contributed by atoms with van der Waals surface area (Å²) >= 11 is 0. The lowest BCUT2D eigenvalue weighted by atomic mass is 9.60. The van der Waals surface area contributed by atoms with Crippen molar-refractivity contribution >= 4 is 0 Å². The van der Waals surface area contributed by atoms with Gasteiger partial charge in [-0.15, -0.1) is 0 Å². The molecule has 0 aromatic rings. The first kappa shape index (κ1) is 50.1. The van der Waals surface area contributed by atoms with Gasteiger partial charge in [-0.05, 0) is 146 Å². The molecule has 0 aromatic heterocycles. The molecule has 72 heavy (non-hydrogen) atoms. The molecule has 5 saturated heterocycles. The molecule has 5 heterocycles. The van der Waals surface area contributed by atoms with E-state index in [1.54, 1.807) is 0 Å². The maximum absolute atomic E-state index is 15.9. The SMILES string of the molecule is FC1C(F)C(F)C2CC3C4NC(NC5NC(NC6NC(NC7NC(N4)C4CC8C(F)C(F)C(F)C(F)C8CC74)C4CC7C(F)C(F)C(F)C(F)C7CC64)C4CC6C(F)C(F)C(F)C(F)C6CC54)C3CC2C1F. The zero-order valence-electron chi connectivity index (χ0n) is 38.8. The van der Waals surface area contributed by atoms with Gasteiger partial charge in [0.2, 0.25) is 0 Å². The highest BCUT2D eigenvalue weighted by Crippen LogP contribution is 2.58. The van der Waals surface area contributed by atoms with E-state index in [0.29, 0.717) is 0 Å². The molecule has 0 aromatic carbocycles. The minimum Gasteiger partial charge on any atom is -0.286 e. The lowest BCUT2D eigenvalue weighted by Gasteiger charge is -2.49. The van der Waals surface area contributed by atoms with Crippen LogP contribution >= 0.6 is 0 Å². The van der Waals surface area contributed by atoms with Gasteiger partial charge in [0.1, 0.15) is 49.4 Å². The first-order valence-corrected chi connectivity index (χ1v) is 26.6. The molecule has 0 amide bonds. The van der Waals surface area contributed by atoms with Crippen molar-refractivity contribution < 1.29 is 70.2 Å². The van der Waals surface area contributed by atoms with Gasteiger partial charge in [0.05, 0.1) is 49.3 Å². The molecular formula is C48H64F16N8. The van der Waals surface area contributed by atoms with Crippen molar-refractivity contribution in [3.63, 3.8) is 0 Å². The number of hydrogen-bond donors (Lipinski definition) is 8. The van der Waals surface area contributed by atoms with E-state index >= 15 is 70.2 Å². The molecule has 32 unspecified atom stereocenters. The first-order valence-electron chi connectivity index (χ1n) is 26.6. The highest BCUT2D eigenvalue weighted by atomic mass is 19.2. The topological polar surface area (TPSA) is 96.2 Å². The van der Waals surface area contributed by atoms with E-state index in [-0.39, 0.29) is 51.4 Å². The molecule has 0 spiro atoms. The molecule has 8 N–H and O–H groups in total. The second-order valence-electron chi connectivity index (χ2n) is 24.8. The number of fused-ring (bicyclic) bond motifs is 24. The Labute approximate surface area is 406 Å². The molecule has 0 radical (unpaired) electrons. The second-order valence-corrected chi connectivity index (χ2v) is 24.8. The average Bonchev–Trinajstić information content (AvgIpc) is 4.11. The normalized spacial score (nSPS) is 66.0. The van der Waals surface area contributed by atoms with Crippen LogP contribution in [0, 0.1) is 94.7 Å². The van der Waals surface area contributed by atoms with Crippen molar-refractivity contribution in [2.24, 2.45) is 94.7 Å². The van der Waals surface area contributed by atoms with Crippen LogP contribution in [0.1, 0.15) is 51.4 Å². The van der Waals surface area contributed by atoms with Gasteiger partial charge >= 0.3 is 0 Å². The molecule has 24 heteroatoms. The van der Waals surface area contributed by atoms with Crippen molar-refractivity contribution in [2.75, 3.05) is 0 Å². The van der Waals surface area contributed by atoms with Gasteiger partial charge in [0.25, 0.3) is 0 Å². The fourth-order valence-electron chi connectivity index (χ4n) is 18.5. The molecular weight excluding hydrogens is 993 g/mol. The second kappa shape index (κ2) is 18.1. The monoisotopic (exact) mass is 1060 g/mol. The predicted molar refractivity (Wildman–Crippen MR) is 227 cm³/mol. The summed E-state index contributed by atoms with van der Waals surface area (Å²) in [4.78, 5) is 0. The fraction of sp³-hybridized carbons (Fsp3) is 1.00. The van der Waals surface area contributed by atoms with Crippen molar-refractivity contribution in [1.29, 1.82) is 0 Å². The maximum Gasteiger partial charge on any atom is 0.165 e. The van der Waals surface area contributed by atoms with Crippen LogP contribution in [0.5, 0.6) is 0 Å². The molecule has 8 nitrogen and oxygen atoms in total. The highest BCUT2D eigenvalue weighted by molar-refractivity contribution is 5.16. The van der Waals surface area contributed by atoms with Crippen LogP contribution < -0.4 is 42.5 Å². The Balaban J connectivity index is 0.887. The zero-order chi connectivity index (χ0) is 50.4. The summed E-state index contributed by atoms with van der Waals surface area (Å²) in [6, 6.07) is 0. The first-order chi connectivity index (χ1) is 34.3. The van der Waals surface area contributed by atoms with Gasteiger partial charge in [-0.3, -0.25) is 42.5 Å². The third-order valence-electron chi connectivity index (χ3n) is 22.0. The minimum absolute atomic E-state index is 0.115. The van der Waals surface area contributed by atoms with Crippen LogP contribution in [-0.4, -0.2) is 148 Å². The minimum atomic E-state index is -2.71. The van der Waals surface area contributed by atoms with E-state index in [0.717, 1.165) is 0 Å². The molecule has 5 aliphatic heterocycles. The van der Waals surface area contributed by atoms with Crippen molar-refractivity contribution in [1.82, 2.24) is 42.5 Å². The van der Waals surface area contributed by atoms with Gasteiger partial charge in [-0.25, -0.2) is 70.2 Å². The molecule has 408 valence electrons. The number of rotatable bonds is 0. The van der Waals surface area contributed by atoms with Crippen molar-refractivity contribution in [3.8, 4) is 0 Å². The summed E-state index contributed by atoms with van der Waals surface area (Å²) in [6.07, 6.45) is -47.9. The van der Waals surface area contributed by atoms with E-state index in [9.17, 15) is 0 Å². The van der Waals surface area contributed by atoms with Gasteiger partial charge in [-0.2, -0.15) is 0 Å². The predicted octanol–water partition coefficient (Wildman–Crippen LogP) is 5.88. The van der Waals surface area contributed by atoms with E-state index in [1.807, 2.05) is 0 Å². The third-order valence-corrected chi connectivity index (χ3v) is 22.0. The maximum atomic E-state index is 15.9. The molecule has 8 saturated carbocycles. The van der Waals surface area contributed by atoms with E-state index in [4.69, 9.17) is 0 Å². The number of hydrogen-bond acceptors (Lipinski definition) is 8. The number of halogens is 16. The van der Waals surface area contributed by atoms with E-state index < -0.39 is 243 Å². The summed E-state index contributed by atoms with van der Waals surface area (Å²) in [6.45, 7) is 0. The number of nitrogens with one attached hydrogen (secondary N) is 8. The standard InChI is InChI=1S/C48H64F16N8/c49-25-9-1-17-18(2-10(9)26(50)34(58)33(25)57)42-65-41(17)69-43-19-3-11-12(28(52)36(60)35(59)27(11)51)4-20(19)45(66-43)71-47-23-7-15-16(32(56)40(64)39(63)31(15)55)8-24(23)48(68-47)72-46-22-6-14-13(5-21(22)44(67-46)70-42)29(53)37(61)38(62)30(14)54/h9-48,65-72H,1-8H2. The fourth-order valence-corrected chi connectivity index (χ4v) is 18.5. The van der Waals surface area contributed by atoms with Crippen LogP contribution in [0.4, 0.5) is 70.2 Å². The van der Waals surface area contributed by atoms with Crippen LogP contribution in [0.15, 0.2) is 0 Å². The Morgan fingerprint density at radius 1 is 0.139 bits per heavy atom. The van der Waals surface area contributed by atoms with Gasteiger partial charge in [-0.1, -0.05) is 0 Å². The highest BCUT2D eigenvalue weighted by Gasteiger charge is 2.66. The smallest absolute Gasteiger partial charge is 0.165 e. The molecule has 13 aliphatic rings. The Morgan fingerprint density at radius 3 is 0.333 bits per heavy atom. The summed E-state index contributed by atoms with van der Waals surface area (Å²) in [7, 11) is 0. The zero-order valence-corrected chi connectivity index (χ0v) is 38.8. The van der Waals surface area contributed by atoms with Crippen LogP contribution in [0.3, 0.4) is 0 Å². The van der Waals surface area contributed by atoms with Crippen molar-refractivity contribution in [2.45, 2.75) is 199 Å². The summed E-state index contributed by atoms with van der Waals surface area (Å²) in [5, 5.41) is 28.3.